The number of oxime groups is 1. The first kappa shape index (κ1) is 40.7. The largest absolute Gasteiger partial charge is 0.409 e. The van der Waals surface area contributed by atoms with Gasteiger partial charge in [-0.3, -0.25) is 4.79 Å². The van der Waals surface area contributed by atoms with Crippen LogP contribution in [0.25, 0.3) is 11.4 Å². The van der Waals surface area contributed by atoms with Gasteiger partial charge in [-0.2, -0.15) is 4.98 Å². The van der Waals surface area contributed by atoms with Crippen LogP contribution in [0.2, 0.25) is 0 Å². The van der Waals surface area contributed by atoms with Crippen LogP contribution in [0.4, 0.5) is 8.78 Å². The molecule has 1 heterocycles. The summed E-state index contributed by atoms with van der Waals surface area (Å²) in [5.74, 6) is 12.9. The fraction of sp³-hybridized carbons (Fsp3) is 0.238. The Bertz CT molecular complexity index is 2030. The molecule has 0 radical (unpaired) electrons. The number of nitrogens with zero attached hydrogens (tertiary/aromatic N) is 3. The lowest BCUT2D eigenvalue weighted by Crippen LogP contribution is -2.12. The van der Waals surface area contributed by atoms with Crippen LogP contribution >= 0.6 is 11.6 Å². The summed E-state index contributed by atoms with van der Waals surface area (Å²) < 4.78 is 31.5. The van der Waals surface area contributed by atoms with Crippen LogP contribution in [-0.4, -0.2) is 26.4 Å². The zero-order chi connectivity index (χ0) is 37.9. The molecule has 0 aliphatic carbocycles. The molecule has 0 fully saturated rings. The molecule has 0 bridgehead atoms. The first-order chi connectivity index (χ1) is 25.1. The van der Waals surface area contributed by atoms with E-state index in [4.69, 9.17) is 27.1 Å². The monoisotopic (exact) mass is 722 g/mol. The molecule has 7 nitrogen and oxygen atoms in total. The quantitative estimate of drug-likeness (QED) is 0.0412. The molecule has 5 rings (SSSR count). The van der Waals surface area contributed by atoms with Crippen molar-refractivity contribution in [2.75, 3.05) is 0 Å². The number of carbonyl (C=O) groups is 1. The Hall–Kier alpha value is -5.77. The van der Waals surface area contributed by atoms with Crippen molar-refractivity contribution in [2.45, 2.75) is 59.3 Å². The summed E-state index contributed by atoms with van der Waals surface area (Å²) in [6.07, 6.45) is 3.68. The van der Waals surface area contributed by atoms with Crippen LogP contribution in [0.5, 0.6) is 0 Å². The first-order valence-corrected chi connectivity index (χ1v) is 17.2. The summed E-state index contributed by atoms with van der Waals surface area (Å²) in [4.78, 5) is 14.9. The Kier molecular flexibility index (Phi) is 16.8. The summed E-state index contributed by atoms with van der Waals surface area (Å²) in [5, 5.41) is 15.3. The van der Waals surface area contributed by atoms with Gasteiger partial charge in [0.1, 0.15) is 11.6 Å². The summed E-state index contributed by atoms with van der Waals surface area (Å²) in [6, 6.07) is 26.9. The second-order valence-corrected chi connectivity index (χ2v) is 11.8. The predicted molar refractivity (Wildman–Crippen MR) is 202 cm³/mol. The Morgan fingerprint density at radius 1 is 0.769 bits per heavy atom. The van der Waals surface area contributed by atoms with Gasteiger partial charge in [-0.1, -0.05) is 73.8 Å². The average Bonchev–Trinajstić information content (AvgIpc) is 3.65. The van der Waals surface area contributed by atoms with Gasteiger partial charge in [0, 0.05) is 45.2 Å². The molecule has 0 aliphatic heterocycles. The maximum absolute atomic E-state index is 13.2. The molecule has 0 saturated heterocycles. The van der Waals surface area contributed by atoms with Crippen molar-refractivity contribution in [1.29, 1.82) is 0 Å². The van der Waals surface area contributed by atoms with Crippen molar-refractivity contribution in [3.05, 3.63) is 142 Å². The van der Waals surface area contributed by atoms with Gasteiger partial charge in [0.2, 0.25) is 17.0 Å². The number of hydrogen-bond donors (Lipinski definition) is 2. The third kappa shape index (κ3) is 13.2. The van der Waals surface area contributed by atoms with E-state index >= 15 is 0 Å². The third-order valence-corrected chi connectivity index (χ3v) is 8.17. The van der Waals surface area contributed by atoms with E-state index in [1.165, 1.54) is 24.3 Å². The number of halogens is 3. The van der Waals surface area contributed by atoms with Gasteiger partial charge in [0.15, 0.2) is 5.84 Å². The third-order valence-electron chi connectivity index (χ3n) is 7.87. The van der Waals surface area contributed by atoms with Crippen LogP contribution in [-0.2, 0) is 4.79 Å². The topological polar surface area (TPSA) is 115 Å². The van der Waals surface area contributed by atoms with Crippen LogP contribution < -0.4 is 5.73 Å². The highest BCUT2D eigenvalue weighted by atomic mass is 35.5. The minimum absolute atomic E-state index is 0.0460. The minimum Gasteiger partial charge on any atom is -0.409 e. The number of amidine groups is 1. The Balaban J connectivity index is 0.000000238. The highest BCUT2D eigenvalue weighted by molar-refractivity contribution is 6.63. The van der Waals surface area contributed by atoms with Gasteiger partial charge < -0.3 is 15.5 Å². The average molecular weight is 723 g/mol. The Labute approximate surface area is 308 Å². The summed E-state index contributed by atoms with van der Waals surface area (Å²) in [5.41, 5.74) is 9.81. The van der Waals surface area contributed by atoms with E-state index in [1.807, 2.05) is 38.1 Å². The Morgan fingerprint density at radius 2 is 1.25 bits per heavy atom. The van der Waals surface area contributed by atoms with Crippen molar-refractivity contribution in [2.24, 2.45) is 16.8 Å². The highest BCUT2D eigenvalue weighted by Crippen LogP contribution is 2.24. The zero-order valence-corrected chi connectivity index (χ0v) is 30.3. The van der Waals surface area contributed by atoms with Crippen molar-refractivity contribution >= 4 is 22.7 Å². The molecular formula is C42H41ClF2N4O3. The smallest absolute Gasteiger partial charge is 0.230 e. The lowest BCUT2D eigenvalue weighted by molar-refractivity contribution is -0.115. The normalized spacial score (nSPS) is 10.5. The number of aromatic nitrogens is 2. The molecule has 5 aromatic rings. The van der Waals surface area contributed by atoms with E-state index in [0.717, 1.165) is 42.4 Å². The molecule has 4 aromatic carbocycles. The molecule has 0 spiro atoms. The van der Waals surface area contributed by atoms with Crippen LogP contribution in [0.15, 0.2) is 107 Å². The fourth-order valence-corrected chi connectivity index (χ4v) is 4.98. The molecule has 268 valence electrons. The number of nitrogens with two attached hydrogens (primary N) is 1. The predicted octanol–water partition coefficient (Wildman–Crippen LogP) is 9.69. The molecule has 0 unspecified atom stereocenters. The van der Waals surface area contributed by atoms with E-state index in [1.54, 1.807) is 48.5 Å². The molecule has 0 atom stereocenters. The van der Waals surface area contributed by atoms with Gasteiger partial charge >= 0.3 is 0 Å². The number of benzene rings is 4. The summed E-state index contributed by atoms with van der Waals surface area (Å²) in [7, 11) is 0. The maximum Gasteiger partial charge on any atom is 0.230 e. The molecule has 1 aromatic heterocycles. The molecule has 3 N–H and O–H groups in total. The fourth-order valence-electron chi connectivity index (χ4n) is 4.67. The second-order valence-electron chi connectivity index (χ2n) is 11.4. The SMILES string of the molecule is CCC(CC)C(=O)Cl.CCC(CC)c1nc(-c2ccc(C#Cc3cccc(F)c3)cc2)no1.N/C(=N\O)c1ccc(C#Cc2cccc(F)c2)cc1. The second kappa shape index (κ2) is 21.4. The van der Waals surface area contributed by atoms with Crippen molar-refractivity contribution in [3.8, 4) is 35.1 Å². The van der Waals surface area contributed by atoms with Gasteiger partial charge in [0.05, 0.1) is 0 Å². The first-order valence-electron chi connectivity index (χ1n) is 16.9. The molecule has 0 amide bonds. The number of rotatable bonds is 8. The molecule has 52 heavy (non-hydrogen) atoms. The Morgan fingerprint density at radius 3 is 1.65 bits per heavy atom. The van der Waals surface area contributed by atoms with Crippen molar-refractivity contribution in [3.63, 3.8) is 0 Å². The van der Waals surface area contributed by atoms with Crippen LogP contribution in [0.3, 0.4) is 0 Å². The zero-order valence-electron chi connectivity index (χ0n) is 29.5. The molecular weight excluding hydrogens is 682 g/mol. The van der Waals surface area contributed by atoms with Crippen LogP contribution in [0, 0.1) is 41.2 Å². The molecule has 10 heteroatoms. The number of hydrogen-bond acceptors (Lipinski definition) is 6. The molecule has 0 saturated carbocycles. The van der Waals surface area contributed by atoms with Gasteiger partial charge in [-0.25, -0.2) is 8.78 Å². The highest BCUT2D eigenvalue weighted by Gasteiger charge is 2.16. The standard InChI is InChI=1S/C21H19FN2O.C15H11FN2O.C6H11ClO/c1-3-17(4-2)21-23-20(24-25-21)18-12-10-15(11-13-18)8-9-16-6-5-7-19(22)14-16;16-14-3-1-2-12(10-14)5-4-11-6-8-13(9-7-11)15(17)18-19;1-3-5(4-2)6(7)8/h5-7,10-14,17H,3-4H2,1-2H3;1-3,6-10,19H,(H2,17,18);5H,3-4H2,1-2H3. The summed E-state index contributed by atoms with van der Waals surface area (Å²) in [6.45, 7) is 8.16. The molecule has 0 aliphatic rings. The summed E-state index contributed by atoms with van der Waals surface area (Å²) >= 11 is 5.21. The van der Waals surface area contributed by atoms with Crippen molar-refractivity contribution in [1.82, 2.24) is 10.1 Å². The lowest BCUT2D eigenvalue weighted by Gasteiger charge is -2.04. The van der Waals surface area contributed by atoms with E-state index < -0.39 is 0 Å². The van der Waals surface area contributed by atoms with Gasteiger partial charge in [0.25, 0.3) is 0 Å². The van der Waals surface area contributed by atoms with E-state index in [9.17, 15) is 13.6 Å². The van der Waals surface area contributed by atoms with E-state index in [0.29, 0.717) is 34.3 Å². The number of carbonyl (C=O) groups excluding carboxylic acids is 1. The van der Waals surface area contributed by atoms with E-state index in [-0.39, 0.29) is 28.6 Å². The minimum atomic E-state index is -0.311. The maximum atomic E-state index is 13.2. The van der Waals surface area contributed by atoms with E-state index in [2.05, 4.69) is 52.8 Å². The van der Waals surface area contributed by atoms with Crippen molar-refractivity contribution < 1.29 is 23.3 Å². The van der Waals surface area contributed by atoms with Crippen LogP contribution in [0.1, 0.15) is 93.0 Å². The van der Waals surface area contributed by atoms with Gasteiger partial charge in [-0.05, 0) is 122 Å². The lowest BCUT2D eigenvalue weighted by atomic mass is 10.0. The van der Waals surface area contributed by atoms with Gasteiger partial charge in [-0.15, -0.1) is 0 Å².